The van der Waals surface area contributed by atoms with Crippen molar-refractivity contribution in [3.05, 3.63) is 59.6 Å². The number of sulfone groups is 1. The van der Waals surface area contributed by atoms with Crippen molar-refractivity contribution in [3.63, 3.8) is 0 Å². The van der Waals surface area contributed by atoms with E-state index in [-0.39, 0.29) is 5.75 Å². The van der Waals surface area contributed by atoms with Crippen LogP contribution in [0.1, 0.15) is 0 Å². The Bertz CT molecular complexity index is 640. The summed E-state index contributed by atoms with van der Waals surface area (Å²) in [6.07, 6.45) is 0. The number of hydrogen-bond acceptors (Lipinski definition) is 3. The first-order valence-corrected chi connectivity index (χ1v) is 8.76. The Morgan fingerprint density at radius 3 is 2.42 bits per heavy atom. The molecule has 0 unspecified atom stereocenters. The van der Waals surface area contributed by atoms with E-state index in [0.29, 0.717) is 15.7 Å². The Balaban J connectivity index is 1.96. The van der Waals surface area contributed by atoms with E-state index >= 15 is 0 Å². The number of thioether (sulfide) groups is 1. The monoisotopic (exact) mass is 312 g/mol. The lowest BCUT2D eigenvalue weighted by Crippen LogP contribution is -2.08. The topological polar surface area (TPSA) is 34.1 Å². The second-order valence-corrected chi connectivity index (χ2v) is 7.65. The maximum Gasteiger partial charge on any atom is 0.179 e. The van der Waals surface area contributed by atoms with E-state index in [2.05, 4.69) is 0 Å². The van der Waals surface area contributed by atoms with Crippen LogP contribution >= 0.6 is 23.4 Å². The van der Waals surface area contributed by atoms with Gasteiger partial charge in [0.25, 0.3) is 0 Å². The minimum Gasteiger partial charge on any atom is -0.224 e. The first-order valence-electron chi connectivity index (χ1n) is 5.74. The average molecular weight is 313 g/mol. The van der Waals surface area contributed by atoms with Gasteiger partial charge in [0.05, 0.1) is 10.6 Å². The predicted molar refractivity (Wildman–Crippen MR) is 80.7 cm³/mol. The number of hydrogen-bond donors (Lipinski definition) is 0. The number of halogens is 1. The summed E-state index contributed by atoms with van der Waals surface area (Å²) in [7, 11) is -3.19. The smallest absolute Gasteiger partial charge is 0.179 e. The Kier molecular flexibility index (Phi) is 4.91. The summed E-state index contributed by atoms with van der Waals surface area (Å²) in [5.74, 6) is 0.631. The minimum absolute atomic E-state index is 0.119. The fourth-order valence-corrected chi connectivity index (χ4v) is 4.47. The SMILES string of the molecule is O=S(=O)(CCSc1cccc(Cl)c1)c1ccccc1. The van der Waals surface area contributed by atoms with E-state index in [1.54, 1.807) is 36.4 Å². The Morgan fingerprint density at radius 2 is 1.74 bits per heavy atom. The van der Waals surface area contributed by atoms with Crippen LogP contribution in [0, 0.1) is 0 Å². The fraction of sp³-hybridized carbons (Fsp3) is 0.143. The van der Waals surface area contributed by atoms with Crippen molar-refractivity contribution in [2.24, 2.45) is 0 Å². The van der Waals surface area contributed by atoms with E-state index in [1.165, 1.54) is 11.8 Å². The summed E-state index contributed by atoms with van der Waals surface area (Å²) >= 11 is 7.37. The molecule has 0 aliphatic rings. The maximum absolute atomic E-state index is 12.0. The van der Waals surface area contributed by atoms with Crippen LogP contribution in [0.4, 0.5) is 0 Å². The molecule has 2 aromatic rings. The highest BCUT2D eigenvalue weighted by atomic mass is 35.5. The third-order valence-electron chi connectivity index (χ3n) is 2.52. The van der Waals surface area contributed by atoms with E-state index in [9.17, 15) is 8.42 Å². The summed E-state index contributed by atoms with van der Waals surface area (Å²) in [6.45, 7) is 0. The molecule has 0 saturated carbocycles. The van der Waals surface area contributed by atoms with Crippen molar-refractivity contribution in [2.45, 2.75) is 9.79 Å². The minimum atomic E-state index is -3.19. The predicted octanol–water partition coefficient (Wildman–Crippen LogP) is 3.91. The highest BCUT2D eigenvalue weighted by Crippen LogP contribution is 2.22. The van der Waals surface area contributed by atoms with Gasteiger partial charge in [0.2, 0.25) is 0 Å². The van der Waals surface area contributed by atoms with Crippen molar-refractivity contribution in [1.82, 2.24) is 0 Å². The fourth-order valence-electron chi connectivity index (χ4n) is 1.57. The van der Waals surface area contributed by atoms with Gasteiger partial charge in [0, 0.05) is 15.7 Å². The summed E-state index contributed by atoms with van der Waals surface area (Å²) in [6, 6.07) is 15.9. The van der Waals surface area contributed by atoms with E-state index < -0.39 is 9.84 Å². The van der Waals surface area contributed by atoms with Gasteiger partial charge in [-0.1, -0.05) is 35.9 Å². The second-order valence-electron chi connectivity index (χ2n) is 3.94. The molecule has 0 heterocycles. The zero-order chi connectivity index (χ0) is 13.7. The van der Waals surface area contributed by atoms with Gasteiger partial charge in [0.1, 0.15) is 0 Å². The molecule has 0 saturated heterocycles. The second kappa shape index (κ2) is 6.46. The van der Waals surface area contributed by atoms with Gasteiger partial charge >= 0.3 is 0 Å². The van der Waals surface area contributed by atoms with Gasteiger partial charge in [-0.2, -0.15) is 0 Å². The van der Waals surface area contributed by atoms with Crippen LogP contribution in [-0.2, 0) is 9.84 Å². The molecule has 0 atom stereocenters. The van der Waals surface area contributed by atoms with Crippen LogP contribution in [0.5, 0.6) is 0 Å². The zero-order valence-electron chi connectivity index (χ0n) is 10.1. The molecule has 5 heteroatoms. The van der Waals surface area contributed by atoms with Gasteiger partial charge in [0.15, 0.2) is 9.84 Å². The molecule has 0 bridgehead atoms. The largest absolute Gasteiger partial charge is 0.224 e. The van der Waals surface area contributed by atoms with E-state index in [1.807, 2.05) is 18.2 Å². The van der Waals surface area contributed by atoms with E-state index in [4.69, 9.17) is 11.6 Å². The first-order chi connectivity index (χ1) is 9.08. The van der Waals surface area contributed by atoms with Crippen LogP contribution in [-0.4, -0.2) is 19.9 Å². The standard InChI is InChI=1S/C14H13ClO2S2/c15-12-5-4-6-13(11-12)18-9-10-19(16,17)14-7-2-1-3-8-14/h1-8,11H,9-10H2. The van der Waals surface area contributed by atoms with Crippen molar-refractivity contribution in [2.75, 3.05) is 11.5 Å². The first kappa shape index (κ1) is 14.4. The van der Waals surface area contributed by atoms with Gasteiger partial charge in [-0.05, 0) is 30.3 Å². The molecule has 0 fully saturated rings. The molecular formula is C14H13ClO2S2. The quantitative estimate of drug-likeness (QED) is 0.785. The van der Waals surface area contributed by atoms with Crippen LogP contribution in [0.2, 0.25) is 5.02 Å². The lowest BCUT2D eigenvalue weighted by molar-refractivity contribution is 0.597. The summed E-state index contributed by atoms with van der Waals surface area (Å²) < 4.78 is 24.1. The van der Waals surface area contributed by atoms with Crippen molar-refractivity contribution >= 4 is 33.2 Å². The summed E-state index contributed by atoms with van der Waals surface area (Å²) in [5, 5.41) is 0.663. The Hall–Kier alpha value is -0.970. The molecule has 19 heavy (non-hydrogen) atoms. The molecule has 0 aliphatic carbocycles. The highest BCUT2D eigenvalue weighted by Gasteiger charge is 2.13. The lowest BCUT2D eigenvalue weighted by Gasteiger charge is -2.04. The molecule has 2 rings (SSSR count). The molecule has 0 spiro atoms. The van der Waals surface area contributed by atoms with Crippen LogP contribution < -0.4 is 0 Å². The zero-order valence-corrected chi connectivity index (χ0v) is 12.5. The molecule has 2 nitrogen and oxygen atoms in total. The summed E-state index contributed by atoms with van der Waals surface area (Å²) in [5.41, 5.74) is 0. The molecular weight excluding hydrogens is 300 g/mol. The van der Waals surface area contributed by atoms with Gasteiger partial charge in [-0.15, -0.1) is 11.8 Å². The molecule has 0 aromatic heterocycles. The number of rotatable bonds is 5. The lowest BCUT2D eigenvalue weighted by atomic mass is 10.4. The van der Waals surface area contributed by atoms with Crippen LogP contribution in [0.3, 0.4) is 0 Å². The van der Waals surface area contributed by atoms with Crippen molar-refractivity contribution in [3.8, 4) is 0 Å². The summed E-state index contributed by atoms with van der Waals surface area (Å²) in [4.78, 5) is 1.36. The van der Waals surface area contributed by atoms with Crippen LogP contribution in [0.25, 0.3) is 0 Å². The molecule has 0 radical (unpaired) electrons. The Morgan fingerprint density at radius 1 is 1.00 bits per heavy atom. The molecule has 0 N–H and O–H groups in total. The third-order valence-corrected chi connectivity index (χ3v) is 5.74. The molecule has 0 amide bonds. The maximum atomic E-state index is 12.0. The van der Waals surface area contributed by atoms with Gasteiger partial charge < -0.3 is 0 Å². The van der Waals surface area contributed by atoms with Gasteiger partial charge in [-0.3, -0.25) is 0 Å². The molecule has 100 valence electrons. The third kappa shape index (κ3) is 4.27. The number of benzene rings is 2. The highest BCUT2D eigenvalue weighted by molar-refractivity contribution is 8.00. The van der Waals surface area contributed by atoms with Crippen molar-refractivity contribution < 1.29 is 8.42 Å². The molecule has 0 aliphatic heterocycles. The van der Waals surface area contributed by atoms with Gasteiger partial charge in [-0.25, -0.2) is 8.42 Å². The molecule has 2 aromatic carbocycles. The van der Waals surface area contributed by atoms with E-state index in [0.717, 1.165) is 4.90 Å². The average Bonchev–Trinajstić information content (AvgIpc) is 2.40. The Labute approximate surface area is 122 Å². The van der Waals surface area contributed by atoms with Crippen LogP contribution in [0.15, 0.2) is 64.4 Å². The normalized spacial score (nSPS) is 11.4. The van der Waals surface area contributed by atoms with Crippen molar-refractivity contribution in [1.29, 1.82) is 0 Å².